The Bertz CT molecular complexity index is 1290. The molecule has 10 heteroatoms. The molecule has 4 aromatic rings. The van der Waals surface area contributed by atoms with Crippen molar-refractivity contribution in [2.45, 2.75) is 9.79 Å². The van der Waals surface area contributed by atoms with Crippen molar-refractivity contribution in [2.24, 2.45) is 0 Å². The van der Waals surface area contributed by atoms with Gasteiger partial charge in [-0.2, -0.15) is 0 Å². The summed E-state index contributed by atoms with van der Waals surface area (Å²) in [6.07, 6.45) is 2.22. The first-order chi connectivity index (χ1) is 14.3. The first kappa shape index (κ1) is 25.1. The molecule has 1 heterocycles. The van der Waals surface area contributed by atoms with Crippen LogP contribution in [0.5, 0.6) is 0 Å². The fraction of sp³-hybridized carbons (Fsp3) is 0.0476. The van der Waals surface area contributed by atoms with Crippen molar-refractivity contribution in [3.63, 3.8) is 0 Å². The van der Waals surface area contributed by atoms with E-state index in [1.807, 2.05) is 21.6 Å². The molecule has 4 aromatic carbocycles. The minimum atomic E-state index is -5.42. The molecule has 5 rings (SSSR count). The van der Waals surface area contributed by atoms with E-state index in [-0.39, 0.29) is 8.96 Å². The Kier molecular flexibility index (Phi) is 6.96. The van der Waals surface area contributed by atoms with Crippen molar-refractivity contribution < 1.29 is 0 Å². The zero-order chi connectivity index (χ0) is 22.5. The van der Waals surface area contributed by atoms with Crippen LogP contribution in [0.3, 0.4) is 0 Å². The van der Waals surface area contributed by atoms with Crippen molar-refractivity contribution in [1.29, 1.82) is 0 Å². The molecular formula is C21H15Cl6S3Sb. The van der Waals surface area contributed by atoms with Crippen LogP contribution in [0.25, 0.3) is 32.7 Å². The second-order valence-electron chi connectivity index (χ2n) is 6.76. The quantitative estimate of drug-likeness (QED) is 0.110. The third kappa shape index (κ3) is 6.57. The van der Waals surface area contributed by atoms with E-state index >= 15 is 0 Å². The molecule has 0 bridgehead atoms. The van der Waals surface area contributed by atoms with Crippen LogP contribution in [0.2, 0.25) is 0 Å². The van der Waals surface area contributed by atoms with Crippen molar-refractivity contribution in [3.8, 4) is 11.1 Å². The molecule has 0 fully saturated rings. The first-order valence-corrected chi connectivity index (χ1v) is 32.6. The molecule has 0 aromatic heterocycles. The zero-order valence-corrected chi connectivity index (χ0v) is 25.4. The van der Waals surface area contributed by atoms with Crippen molar-refractivity contribution in [1.82, 2.24) is 0 Å². The van der Waals surface area contributed by atoms with Crippen LogP contribution in [-0.4, -0.2) is 15.4 Å². The van der Waals surface area contributed by atoms with Gasteiger partial charge in [0.1, 0.15) is 21.6 Å². The van der Waals surface area contributed by atoms with E-state index in [0.29, 0.717) is 0 Å². The van der Waals surface area contributed by atoms with Gasteiger partial charge in [0.05, 0.1) is 4.90 Å². The Morgan fingerprint density at radius 3 is 1.71 bits per heavy atom. The Hall–Kier alpha value is 1.01. The minimum absolute atomic E-state index is 0.146. The maximum absolute atomic E-state index is 5.42. The second kappa shape index (κ2) is 8.59. The van der Waals surface area contributed by atoms with Gasteiger partial charge in [-0.25, -0.2) is 0 Å². The van der Waals surface area contributed by atoms with Crippen LogP contribution in [-0.2, 0) is 8.96 Å². The molecule has 0 amide bonds. The topological polar surface area (TPSA) is 0 Å². The van der Waals surface area contributed by atoms with Gasteiger partial charge in [-0.3, -0.25) is 0 Å². The van der Waals surface area contributed by atoms with Gasteiger partial charge >= 0.3 is 62.1 Å². The predicted octanol–water partition coefficient (Wildman–Crippen LogP) is 10.7. The molecule has 1 aliphatic heterocycles. The normalized spacial score (nSPS) is 17.7. The average molecular weight is 698 g/mol. The summed E-state index contributed by atoms with van der Waals surface area (Å²) in [5.41, 5.74) is 2.86. The number of benzene rings is 4. The van der Waals surface area contributed by atoms with Crippen molar-refractivity contribution in [2.75, 3.05) is 6.26 Å². The Morgan fingerprint density at radius 1 is 0.677 bits per heavy atom. The standard InChI is InChI=1S/C21H15S3.6ClH.Sb/c1-22-24-19-13-11-15-7-3-5-9-17(15)21(19)20-16-8-4-2-6-14(16)10-12-18(20)23-24;;;;;;;/h2-13H,1H3;6*1H;/q+1;;;;;;;+5/p-6. The van der Waals surface area contributed by atoms with E-state index in [1.165, 1.54) is 42.5 Å². The average Bonchev–Trinajstić information content (AvgIpc) is 2.70. The number of hydrogen-bond donors (Lipinski definition) is 0. The Labute approximate surface area is 211 Å². The molecule has 1 aliphatic rings. The Balaban J connectivity index is 0.000000289. The van der Waals surface area contributed by atoms with E-state index in [0.717, 1.165) is 0 Å². The molecule has 0 aliphatic carbocycles. The van der Waals surface area contributed by atoms with Crippen LogP contribution >= 0.6 is 74.6 Å². The maximum atomic E-state index is 5.06. The van der Waals surface area contributed by atoms with Crippen LogP contribution in [0, 0.1) is 0 Å². The Morgan fingerprint density at radius 2 is 1.16 bits per heavy atom. The number of fused-ring (bicyclic) bond motifs is 7. The molecule has 0 radical (unpaired) electrons. The third-order valence-electron chi connectivity index (χ3n) is 4.53. The summed E-state index contributed by atoms with van der Waals surface area (Å²) in [5.74, 6) is 0. The van der Waals surface area contributed by atoms with E-state index in [1.54, 1.807) is 0 Å². The number of hydrogen-bond acceptors (Lipinski definition) is 2. The summed E-state index contributed by atoms with van der Waals surface area (Å²) in [6.45, 7) is 0. The molecule has 164 valence electrons. The van der Waals surface area contributed by atoms with Gasteiger partial charge in [-0.15, -0.1) is 0 Å². The number of rotatable bonds is 1. The van der Waals surface area contributed by atoms with Crippen molar-refractivity contribution >= 4 is 114 Å². The summed E-state index contributed by atoms with van der Waals surface area (Å²) < 4.78 is 0. The van der Waals surface area contributed by atoms with Crippen LogP contribution < -0.4 is 0 Å². The molecule has 0 nitrogen and oxygen atoms in total. The summed E-state index contributed by atoms with van der Waals surface area (Å²) in [6, 6.07) is 26.7. The third-order valence-corrected chi connectivity index (χ3v) is 11.0. The monoisotopic (exact) mass is 694 g/mol. The zero-order valence-electron chi connectivity index (χ0n) is 15.9. The van der Waals surface area contributed by atoms with E-state index in [4.69, 9.17) is 53.0 Å². The van der Waals surface area contributed by atoms with E-state index in [9.17, 15) is 0 Å². The van der Waals surface area contributed by atoms with Crippen molar-refractivity contribution in [3.05, 3.63) is 72.8 Å². The summed E-state index contributed by atoms with van der Waals surface area (Å²) >= 11 is 0. The fourth-order valence-electron chi connectivity index (χ4n) is 3.48. The van der Waals surface area contributed by atoms with Gasteiger partial charge in [0.25, 0.3) is 0 Å². The summed E-state index contributed by atoms with van der Waals surface area (Å²) in [5, 5.41) is 5.39. The fourth-order valence-corrected chi connectivity index (χ4v) is 8.98. The SMILES string of the molecule is CS[S+]1Sc2ccc3ccccc3c2-c2c1ccc1ccccc21.[Cl][Sb-]([Cl])([Cl])([Cl])([Cl])[Cl]. The second-order valence-corrected chi connectivity index (χ2v) is 69.6. The summed E-state index contributed by atoms with van der Waals surface area (Å²) in [4.78, 5) is 2.89. The van der Waals surface area contributed by atoms with Crippen LogP contribution in [0.1, 0.15) is 0 Å². The van der Waals surface area contributed by atoms with E-state index < -0.39 is 9.14 Å². The molecule has 1 unspecified atom stereocenters. The molecule has 0 N–H and O–H groups in total. The van der Waals surface area contributed by atoms with E-state index in [2.05, 4.69) is 79.1 Å². The van der Waals surface area contributed by atoms with Gasteiger partial charge in [-0.1, -0.05) is 54.6 Å². The first-order valence-electron chi connectivity index (χ1n) is 8.89. The molecule has 0 spiro atoms. The van der Waals surface area contributed by atoms with Gasteiger partial charge in [0.2, 0.25) is 0 Å². The molecule has 0 saturated carbocycles. The van der Waals surface area contributed by atoms with Crippen LogP contribution in [0.15, 0.2) is 82.6 Å². The molecule has 1 atom stereocenters. The molecule has 31 heavy (non-hydrogen) atoms. The number of halogens is 6. The molecule has 0 saturated heterocycles. The van der Waals surface area contributed by atoms with Crippen LogP contribution in [0.4, 0.5) is 0 Å². The van der Waals surface area contributed by atoms with Gasteiger partial charge in [0.15, 0.2) is 13.9 Å². The van der Waals surface area contributed by atoms with Gasteiger partial charge in [0, 0.05) is 17.4 Å². The predicted molar refractivity (Wildman–Crippen MR) is 153 cm³/mol. The van der Waals surface area contributed by atoms with Gasteiger partial charge < -0.3 is 0 Å². The van der Waals surface area contributed by atoms with Gasteiger partial charge in [-0.05, 0) is 39.7 Å². The summed E-state index contributed by atoms with van der Waals surface area (Å²) in [7, 11) is 29.1. The molecular weight excluding hydrogens is 683 g/mol.